The summed E-state index contributed by atoms with van der Waals surface area (Å²) < 4.78 is 0. The van der Waals surface area contributed by atoms with Crippen molar-refractivity contribution in [2.24, 2.45) is 11.8 Å². The molecule has 0 bridgehead atoms. The highest BCUT2D eigenvalue weighted by Gasteiger charge is 2.42. The second-order valence-corrected chi connectivity index (χ2v) is 7.53. The minimum Gasteiger partial charge on any atom is -0.302 e. The van der Waals surface area contributed by atoms with Gasteiger partial charge in [0.25, 0.3) is 0 Å². The Morgan fingerprint density at radius 3 is 1.44 bits per heavy atom. The molecule has 0 spiro atoms. The van der Waals surface area contributed by atoms with Crippen molar-refractivity contribution in [3.05, 3.63) is 69.7 Å². The predicted octanol–water partition coefficient (Wildman–Crippen LogP) is 6.00. The fourth-order valence-electron chi connectivity index (χ4n) is 3.90. The van der Waals surface area contributed by atoms with Crippen LogP contribution in [0.3, 0.4) is 0 Å². The number of halogens is 2. The van der Waals surface area contributed by atoms with Crippen LogP contribution >= 0.6 is 23.2 Å². The fourth-order valence-corrected chi connectivity index (χ4v) is 4.15. The summed E-state index contributed by atoms with van der Waals surface area (Å²) in [7, 11) is 0. The second-order valence-electron chi connectivity index (χ2n) is 6.66. The zero-order valence-electron chi connectivity index (χ0n) is 14.5. The molecule has 1 N–H and O–H groups in total. The van der Waals surface area contributed by atoms with Crippen LogP contribution in [0.15, 0.2) is 48.5 Å². The van der Waals surface area contributed by atoms with E-state index in [0.717, 1.165) is 24.0 Å². The number of piperidine rings is 1. The van der Waals surface area contributed by atoms with Crippen LogP contribution in [-0.2, 0) is 4.79 Å². The first-order valence-electron chi connectivity index (χ1n) is 8.85. The van der Waals surface area contributed by atoms with E-state index in [1.807, 2.05) is 48.5 Å². The van der Waals surface area contributed by atoms with Crippen molar-refractivity contribution in [3.63, 3.8) is 0 Å². The number of nitrogens with one attached hydrogen (secondary N) is 1. The topological polar surface area (TPSA) is 29.1 Å². The molecule has 4 atom stereocenters. The van der Waals surface area contributed by atoms with Crippen molar-refractivity contribution >= 4 is 29.0 Å². The van der Waals surface area contributed by atoms with Crippen LogP contribution < -0.4 is 5.32 Å². The van der Waals surface area contributed by atoms with E-state index in [9.17, 15) is 4.79 Å². The van der Waals surface area contributed by atoms with Gasteiger partial charge in [0.2, 0.25) is 0 Å². The van der Waals surface area contributed by atoms with Crippen LogP contribution in [0, 0.1) is 11.8 Å². The maximum Gasteiger partial charge on any atom is 0.142 e. The number of carbonyl (C=O) groups is 1. The molecule has 1 aliphatic heterocycles. The smallest absolute Gasteiger partial charge is 0.142 e. The maximum absolute atomic E-state index is 13.2. The van der Waals surface area contributed by atoms with Crippen LogP contribution in [0.1, 0.15) is 49.9 Å². The Bertz CT molecular complexity index is 665. The van der Waals surface area contributed by atoms with Gasteiger partial charge < -0.3 is 5.32 Å². The van der Waals surface area contributed by atoms with Gasteiger partial charge in [-0.2, -0.15) is 0 Å². The highest BCUT2D eigenvalue weighted by molar-refractivity contribution is 6.30. The van der Waals surface area contributed by atoms with Gasteiger partial charge in [-0.15, -0.1) is 0 Å². The Labute approximate surface area is 159 Å². The molecule has 0 aromatic heterocycles. The van der Waals surface area contributed by atoms with Crippen molar-refractivity contribution in [2.75, 3.05) is 0 Å². The molecule has 0 unspecified atom stereocenters. The number of Topliss-reactive ketones (excluding diaryl/α,β-unsaturated/α-hetero) is 1. The third kappa shape index (κ3) is 3.76. The zero-order chi connectivity index (χ0) is 18.0. The Hall–Kier alpha value is -1.35. The van der Waals surface area contributed by atoms with Crippen molar-refractivity contribution in [2.45, 2.75) is 38.8 Å². The van der Waals surface area contributed by atoms with Crippen LogP contribution in [0.5, 0.6) is 0 Å². The van der Waals surface area contributed by atoms with E-state index in [4.69, 9.17) is 23.2 Å². The number of carbonyl (C=O) groups excluding carboxylic acids is 1. The molecule has 2 aromatic carbocycles. The lowest BCUT2D eigenvalue weighted by molar-refractivity contribution is -0.132. The zero-order valence-corrected chi connectivity index (χ0v) is 16.0. The molecule has 25 heavy (non-hydrogen) atoms. The average molecular weight is 376 g/mol. The third-order valence-corrected chi connectivity index (χ3v) is 5.74. The van der Waals surface area contributed by atoms with Gasteiger partial charge in [-0.1, -0.05) is 61.3 Å². The van der Waals surface area contributed by atoms with Gasteiger partial charge in [-0.05, 0) is 48.2 Å². The van der Waals surface area contributed by atoms with Crippen molar-refractivity contribution in [1.29, 1.82) is 0 Å². The molecule has 1 saturated heterocycles. The summed E-state index contributed by atoms with van der Waals surface area (Å²) in [6, 6.07) is 15.6. The van der Waals surface area contributed by atoms with E-state index in [1.165, 1.54) is 0 Å². The van der Waals surface area contributed by atoms with Crippen molar-refractivity contribution in [1.82, 2.24) is 5.32 Å². The molecular weight excluding hydrogens is 353 g/mol. The minimum absolute atomic E-state index is 0.00163. The van der Waals surface area contributed by atoms with Gasteiger partial charge in [0.15, 0.2) is 0 Å². The summed E-state index contributed by atoms with van der Waals surface area (Å²) in [6.45, 7) is 4.17. The highest BCUT2D eigenvalue weighted by atomic mass is 35.5. The van der Waals surface area contributed by atoms with E-state index in [-0.39, 0.29) is 23.9 Å². The van der Waals surface area contributed by atoms with Gasteiger partial charge in [-0.3, -0.25) is 4.79 Å². The van der Waals surface area contributed by atoms with E-state index in [2.05, 4.69) is 19.2 Å². The molecule has 1 aliphatic rings. The molecule has 4 heteroatoms. The summed E-state index contributed by atoms with van der Waals surface area (Å²) >= 11 is 12.1. The molecular formula is C21H23Cl2NO. The summed E-state index contributed by atoms with van der Waals surface area (Å²) in [5.74, 6) is 0.313. The maximum atomic E-state index is 13.2. The Morgan fingerprint density at radius 1 is 0.760 bits per heavy atom. The highest BCUT2D eigenvalue weighted by Crippen LogP contribution is 2.41. The Kier molecular flexibility index (Phi) is 5.83. The van der Waals surface area contributed by atoms with E-state index >= 15 is 0 Å². The third-order valence-electron chi connectivity index (χ3n) is 5.23. The molecule has 2 nitrogen and oxygen atoms in total. The number of ketones is 1. The fraction of sp³-hybridized carbons (Fsp3) is 0.381. The lowest BCUT2D eigenvalue weighted by atomic mass is 9.72. The molecule has 0 aliphatic carbocycles. The number of benzene rings is 2. The minimum atomic E-state index is -0.0188. The Balaban J connectivity index is 1.99. The lowest BCUT2D eigenvalue weighted by Crippen LogP contribution is -2.48. The molecule has 2 aromatic rings. The number of rotatable bonds is 4. The van der Waals surface area contributed by atoms with Crippen LogP contribution in [0.2, 0.25) is 10.0 Å². The van der Waals surface area contributed by atoms with Crippen LogP contribution in [0.25, 0.3) is 0 Å². The summed E-state index contributed by atoms with van der Waals surface area (Å²) in [6.07, 6.45) is 1.64. The predicted molar refractivity (Wildman–Crippen MR) is 104 cm³/mol. The molecule has 0 amide bonds. The molecule has 132 valence electrons. The first-order chi connectivity index (χ1) is 12.0. The standard InChI is InChI=1S/C21H23Cl2NO/c1-3-17-19(13-5-9-15(22)10-6-13)24-20(18(4-2)21(17)25)14-7-11-16(23)12-8-14/h5-12,17-20,24H,3-4H2,1-2H3/t17-,18+,19-,20+. The van der Waals surface area contributed by atoms with Gasteiger partial charge in [-0.25, -0.2) is 0 Å². The van der Waals surface area contributed by atoms with Gasteiger partial charge in [0.05, 0.1) is 0 Å². The Morgan fingerprint density at radius 2 is 1.12 bits per heavy atom. The molecule has 3 rings (SSSR count). The number of hydrogen-bond acceptors (Lipinski definition) is 2. The largest absolute Gasteiger partial charge is 0.302 e. The lowest BCUT2D eigenvalue weighted by Gasteiger charge is -2.41. The second kappa shape index (κ2) is 7.90. The molecule has 0 radical (unpaired) electrons. The first kappa shape index (κ1) is 18.4. The van der Waals surface area contributed by atoms with E-state index in [1.54, 1.807) is 0 Å². The number of hydrogen-bond donors (Lipinski definition) is 1. The normalized spacial score (nSPS) is 26.6. The van der Waals surface area contributed by atoms with Crippen molar-refractivity contribution in [3.8, 4) is 0 Å². The first-order valence-corrected chi connectivity index (χ1v) is 9.61. The quantitative estimate of drug-likeness (QED) is 0.709. The van der Waals surface area contributed by atoms with Crippen LogP contribution in [-0.4, -0.2) is 5.78 Å². The van der Waals surface area contributed by atoms with Crippen LogP contribution in [0.4, 0.5) is 0 Å². The van der Waals surface area contributed by atoms with E-state index in [0.29, 0.717) is 15.8 Å². The SMILES string of the molecule is CC[C@@H]1C(=O)[C@H](CC)[C@@H](c2ccc(Cl)cc2)N[C@H]1c1ccc(Cl)cc1. The summed E-state index contributed by atoms with van der Waals surface area (Å²) in [5, 5.41) is 5.17. The molecule has 1 fully saturated rings. The average Bonchev–Trinajstić information content (AvgIpc) is 2.62. The van der Waals surface area contributed by atoms with Gasteiger partial charge >= 0.3 is 0 Å². The summed E-state index contributed by atoms with van der Waals surface area (Å²) in [4.78, 5) is 13.2. The molecule has 0 saturated carbocycles. The van der Waals surface area contributed by atoms with Crippen molar-refractivity contribution < 1.29 is 4.79 Å². The molecule has 1 heterocycles. The van der Waals surface area contributed by atoms with Gasteiger partial charge in [0, 0.05) is 34.0 Å². The summed E-state index contributed by atoms with van der Waals surface area (Å²) in [5.41, 5.74) is 2.22. The van der Waals surface area contributed by atoms with Gasteiger partial charge in [0.1, 0.15) is 5.78 Å². The van der Waals surface area contributed by atoms with E-state index < -0.39 is 0 Å². The monoisotopic (exact) mass is 375 g/mol.